The monoisotopic (exact) mass is 357 g/mol. The van der Waals surface area contributed by atoms with Gasteiger partial charge in [0.15, 0.2) is 0 Å². The number of fused-ring (bicyclic) bond motifs is 1. The summed E-state index contributed by atoms with van der Waals surface area (Å²) >= 11 is 1.70. The number of aromatic nitrogens is 3. The second-order valence-corrected chi connectivity index (χ2v) is 7.41. The molecule has 1 atom stereocenters. The Morgan fingerprint density at radius 2 is 2.20 bits per heavy atom. The Hall–Kier alpha value is -2.12. The van der Waals surface area contributed by atoms with Crippen LogP contribution in [0.25, 0.3) is 10.2 Å². The largest absolute Gasteiger partial charge is 0.352 e. The minimum Gasteiger partial charge on any atom is -0.352 e. The normalized spacial score (nSPS) is 18.8. The molecule has 1 aliphatic rings. The van der Waals surface area contributed by atoms with Crippen LogP contribution in [0.2, 0.25) is 0 Å². The number of rotatable bonds is 3. The Balaban J connectivity index is 1.52. The molecule has 0 aromatic carbocycles. The van der Waals surface area contributed by atoms with Crippen LogP contribution < -0.4 is 4.90 Å². The van der Waals surface area contributed by atoms with Crippen LogP contribution in [-0.2, 0) is 6.54 Å². The van der Waals surface area contributed by atoms with Crippen molar-refractivity contribution in [1.29, 1.82) is 0 Å². The van der Waals surface area contributed by atoms with Crippen LogP contribution in [0.5, 0.6) is 0 Å². The van der Waals surface area contributed by atoms with E-state index in [4.69, 9.17) is 0 Å². The Kier molecular flexibility index (Phi) is 4.35. The van der Waals surface area contributed by atoms with Crippen molar-refractivity contribution in [1.82, 2.24) is 19.9 Å². The van der Waals surface area contributed by atoms with Crippen LogP contribution in [0, 0.1) is 12.7 Å². The summed E-state index contributed by atoms with van der Waals surface area (Å²) in [5, 5.41) is 2.13. The van der Waals surface area contributed by atoms with Crippen molar-refractivity contribution >= 4 is 27.4 Å². The van der Waals surface area contributed by atoms with Gasteiger partial charge in [-0.2, -0.15) is 0 Å². The first-order chi connectivity index (χ1) is 12.1. The third-order valence-electron chi connectivity index (χ3n) is 4.81. The zero-order valence-corrected chi connectivity index (χ0v) is 15.1. The number of hydrogen-bond acceptors (Lipinski definition) is 6. The van der Waals surface area contributed by atoms with Crippen LogP contribution in [-0.4, -0.2) is 45.5 Å². The van der Waals surface area contributed by atoms with Gasteiger partial charge in [-0.1, -0.05) is 0 Å². The quantitative estimate of drug-likeness (QED) is 0.720. The maximum atomic E-state index is 13.9. The van der Waals surface area contributed by atoms with E-state index in [-0.39, 0.29) is 5.82 Å². The second-order valence-electron chi connectivity index (χ2n) is 6.53. The zero-order valence-electron chi connectivity index (χ0n) is 14.3. The topological polar surface area (TPSA) is 45.2 Å². The molecule has 130 valence electrons. The highest BCUT2D eigenvalue weighted by atomic mass is 32.1. The van der Waals surface area contributed by atoms with Crippen LogP contribution in [0.3, 0.4) is 0 Å². The molecule has 0 N–H and O–H groups in total. The molecule has 0 bridgehead atoms. The lowest BCUT2D eigenvalue weighted by Gasteiger charge is -2.40. The average molecular weight is 357 g/mol. The van der Waals surface area contributed by atoms with Gasteiger partial charge in [-0.3, -0.25) is 9.88 Å². The van der Waals surface area contributed by atoms with E-state index in [2.05, 4.69) is 44.0 Å². The number of pyridine rings is 1. The summed E-state index contributed by atoms with van der Waals surface area (Å²) in [4.78, 5) is 17.4. The van der Waals surface area contributed by atoms with Crippen molar-refractivity contribution in [2.45, 2.75) is 26.4 Å². The van der Waals surface area contributed by atoms with E-state index in [0.717, 1.165) is 35.7 Å². The van der Waals surface area contributed by atoms with Gasteiger partial charge in [0.05, 0.1) is 16.4 Å². The zero-order chi connectivity index (χ0) is 17.4. The minimum absolute atomic E-state index is 0.233. The lowest BCUT2D eigenvalue weighted by Crippen LogP contribution is -2.51. The van der Waals surface area contributed by atoms with E-state index in [1.807, 2.05) is 0 Å². The van der Waals surface area contributed by atoms with Gasteiger partial charge in [-0.25, -0.2) is 14.4 Å². The number of halogens is 1. The number of aryl methyl sites for hydroxylation is 1. The van der Waals surface area contributed by atoms with Crippen molar-refractivity contribution in [3.8, 4) is 0 Å². The maximum absolute atomic E-state index is 13.9. The summed E-state index contributed by atoms with van der Waals surface area (Å²) < 4.78 is 15.0. The highest BCUT2D eigenvalue weighted by Gasteiger charge is 2.26. The van der Waals surface area contributed by atoms with E-state index in [9.17, 15) is 4.39 Å². The van der Waals surface area contributed by atoms with Gasteiger partial charge in [0.25, 0.3) is 0 Å². The molecule has 0 amide bonds. The van der Waals surface area contributed by atoms with Crippen LogP contribution >= 0.6 is 11.3 Å². The highest BCUT2D eigenvalue weighted by molar-refractivity contribution is 7.18. The smallest absolute Gasteiger partial charge is 0.150 e. The molecule has 1 saturated heterocycles. The fourth-order valence-corrected chi connectivity index (χ4v) is 4.37. The molecule has 7 heteroatoms. The molecule has 4 heterocycles. The molecule has 0 spiro atoms. The van der Waals surface area contributed by atoms with Gasteiger partial charge in [0.1, 0.15) is 18.0 Å². The molecular weight excluding hydrogens is 337 g/mol. The number of nitrogens with zero attached hydrogens (tertiary/aromatic N) is 5. The van der Waals surface area contributed by atoms with Crippen molar-refractivity contribution in [2.24, 2.45) is 0 Å². The summed E-state index contributed by atoms with van der Waals surface area (Å²) in [6.07, 6.45) is 4.59. The molecule has 0 saturated carbocycles. The van der Waals surface area contributed by atoms with Crippen molar-refractivity contribution in [3.63, 3.8) is 0 Å². The Bertz CT molecular complexity index is 896. The van der Waals surface area contributed by atoms with E-state index in [1.54, 1.807) is 29.9 Å². The summed E-state index contributed by atoms with van der Waals surface area (Å²) in [6, 6.07) is 2.07. The van der Waals surface area contributed by atoms with Gasteiger partial charge in [0.2, 0.25) is 0 Å². The molecule has 25 heavy (non-hydrogen) atoms. The second kappa shape index (κ2) is 6.65. The van der Waals surface area contributed by atoms with Crippen molar-refractivity contribution in [2.75, 3.05) is 24.5 Å². The van der Waals surface area contributed by atoms with E-state index in [1.165, 1.54) is 11.8 Å². The lowest BCUT2D eigenvalue weighted by molar-refractivity contribution is 0.178. The number of piperazine rings is 1. The molecule has 1 fully saturated rings. The summed E-state index contributed by atoms with van der Waals surface area (Å²) in [7, 11) is 0. The van der Waals surface area contributed by atoms with Crippen molar-refractivity contribution < 1.29 is 4.39 Å². The molecule has 4 rings (SSSR count). The molecule has 0 radical (unpaired) electrons. The Morgan fingerprint density at radius 1 is 1.32 bits per heavy atom. The van der Waals surface area contributed by atoms with E-state index in [0.29, 0.717) is 18.2 Å². The number of thiophene rings is 1. The van der Waals surface area contributed by atoms with Gasteiger partial charge >= 0.3 is 0 Å². The SMILES string of the molecule is Cc1csc2c(N3CCN(Cc4ccncc4F)C(C)C3)ncnc12. The van der Waals surface area contributed by atoms with Gasteiger partial charge < -0.3 is 4.90 Å². The lowest BCUT2D eigenvalue weighted by atomic mass is 10.1. The van der Waals surface area contributed by atoms with E-state index >= 15 is 0 Å². The first kappa shape index (κ1) is 16.4. The third-order valence-corrected chi connectivity index (χ3v) is 5.89. The molecule has 1 aliphatic heterocycles. The molecule has 5 nitrogen and oxygen atoms in total. The van der Waals surface area contributed by atoms with Crippen LogP contribution in [0.4, 0.5) is 10.2 Å². The molecule has 3 aromatic rings. The molecule has 3 aromatic heterocycles. The maximum Gasteiger partial charge on any atom is 0.150 e. The Morgan fingerprint density at radius 3 is 3.00 bits per heavy atom. The summed E-state index contributed by atoms with van der Waals surface area (Å²) in [5.74, 6) is 0.786. The third kappa shape index (κ3) is 3.09. The fourth-order valence-electron chi connectivity index (χ4n) is 3.36. The predicted octanol–water partition coefficient (Wildman–Crippen LogP) is 3.24. The van der Waals surface area contributed by atoms with E-state index < -0.39 is 0 Å². The summed E-state index contributed by atoms with van der Waals surface area (Å²) in [5.41, 5.74) is 2.95. The van der Waals surface area contributed by atoms with Crippen molar-refractivity contribution in [3.05, 3.63) is 47.1 Å². The first-order valence-electron chi connectivity index (χ1n) is 8.39. The van der Waals surface area contributed by atoms with Crippen LogP contribution in [0.15, 0.2) is 30.2 Å². The first-order valence-corrected chi connectivity index (χ1v) is 9.27. The number of anilines is 1. The number of hydrogen-bond donors (Lipinski definition) is 0. The predicted molar refractivity (Wildman–Crippen MR) is 98.4 cm³/mol. The summed E-state index contributed by atoms with van der Waals surface area (Å²) in [6.45, 7) is 7.50. The van der Waals surface area contributed by atoms with Gasteiger partial charge in [-0.15, -0.1) is 11.3 Å². The highest BCUT2D eigenvalue weighted by Crippen LogP contribution is 2.32. The Labute approximate surface area is 150 Å². The minimum atomic E-state index is -0.233. The van der Waals surface area contributed by atoms with Crippen LogP contribution in [0.1, 0.15) is 18.1 Å². The molecular formula is C18H20FN5S. The molecule has 1 unspecified atom stereocenters. The molecule has 0 aliphatic carbocycles. The van der Waals surface area contributed by atoms with Gasteiger partial charge in [0, 0.05) is 44.0 Å². The standard InChI is InChI=1S/C18H20FN5S/c1-12-10-25-17-16(12)21-11-22-18(17)24-6-5-23(13(2)8-24)9-14-3-4-20-7-15(14)19/h3-4,7,10-11,13H,5-6,8-9H2,1-2H3. The van der Waals surface area contributed by atoms with Gasteiger partial charge in [-0.05, 0) is 30.9 Å². The average Bonchev–Trinajstić information content (AvgIpc) is 3.00. The fraction of sp³-hybridized carbons (Fsp3) is 0.389.